The topological polar surface area (TPSA) is 108 Å². The zero-order valence-electron chi connectivity index (χ0n) is 15.1. The number of nitrogens with zero attached hydrogens (tertiary/aromatic N) is 1. The van der Waals surface area contributed by atoms with Crippen molar-refractivity contribution < 1.29 is 19.2 Å². The van der Waals surface area contributed by atoms with Gasteiger partial charge in [-0.3, -0.25) is 29.4 Å². The Bertz CT molecular complexity index is 837. The van der Waals surface area contributed by atoms with Crippen LogP contribution in [-0.4, -0.2) is 53.7 Å². The van der Waals surface area contributed by atoms with Crippen molar-refractivity contribution in [2.24, 2.45) is 5.92 Å². The fraction of sp³-hybridized carbons (Fsp3) is 0.474. The molecule has 0 radical (unpaired) electrons. The highest BCUT2D eigenvalue weighted by atomic mass is 16.2. The maximum absolute atomic E-state index is 13.0. The Kier molecular flexibility index (Phi) is 4.53. The van der Waals surface area contributed by atoms with Crippen LogP contribution in [0.25, 0.3) is 0 Å². The lowest BCUT2D eigenvalue weighted by Gasteiger charge is -2.27. The zero-order valence-corrected chi connectivity index (χ0v) is 15.1. The van der Waals surface area contributed by atoms with Crippen LogP contribution in [0, 0.1) is 5.92 Å². The van der Waals surface area contributed by atoms with Crippen LogP contribution in [0.3, 0.4) is 0 Å². The Hall–Kier alpha value is -2.58. The molecule has 1 aromatic rings. The summed E-state index contributed by atoms with van der Waals surface area (Å²) in [6.45, 7) is 4.45. The number of nitrogens with one attached hydrogen (secondary N) is 3. The lowest BCUT2D eigenvalue weighted by molar-refractivity contribution is -0.136. The van der Waals surface area contributed by atoms with E-state index in [0.717, 1.165) is 23.6 Å². The van der Waals surface area contributed by atoms with Crippen LogP contribution < -0.4 is 16.0 Å². The molecule has 0 spiro atoms. The number of fused-ring (bicyclic) bond motifs is 1. The molecule has 3 atom stereocenters. The fourth-order valence-electron chi connectivity index (χ4n) is 4.06. The number of hydrogen-bond donors (Lipinski definition) is 3. The summed E-state index contributed by atoms with van der Waals surface area (Å²) in [5, 5.41) is 8.99. The van der Waals surface area contributed by atoms with Crippen LogP contribution in [0.4, 0.5) is 0 Å². The van der Waals surface area contributed by atoms with Gasteiger partial charge in [-0.1, -0.05) is 19.1 Å². The number of amides is 4. The van der Waals surface area contributed by atoms with Gasteiger partial charge in [0.15, 0.2) is 0 Å². The minimum atomic E-state index is -0.935. The van der Waals surface area contributed by atoms with Gasteiger partial charge in [-0.15, -0.1) is 0 Å². The highest BCUT2D eigenvalue weighted by Crippen LogP contribution is 2.30. The zero-order chi connectivity index (χ0) is 19.1. The number of rotatable bonds is 4. The lowest BCUT2D eigenvalue weighted by atomic mass is 10.0. The number of imide groups is 2. The molecule has 142 valence electrons. The molecule has 1 unspecified atom stereocenters. The van der Waals surface area contributed by atoms with E-state index >= 15 is 0 Å². The first-order chi connectivity index (χ1) is 13.0. The summed E-state index contributed by atoms with van der Waals surface area (Å²) in [4.78, 5) is 50.4. The molecule has 2 saturated heterocycles. The van der Waals surface area contributed by atoms with Crippen LogP contribution in [0.1, 0.15) is 46.0 Å². The van der Waals surface area contributed by atoms with Gasteiger partial charge in [0.05, 0.1) is 11.1 Å². The second-order valence-electron chi connectivity index (χ2n) is 7.41. The average Bonchev–Trinajstić information content (AvgIpc) is 3.16. The normalized spacial score (nSPS) is 27.9. The Morgan fingerprint density at radius 1 is 1.15 bits per heavy atom. The smallest absolute Gasteiger partial charge is 0.262 e. The molecule has 0 aromatic heterocycles. The van der Waals surface area contributed by atoms with Gasteiger partial charge in [0.1, 0.15) is 6.04 Å². The third-order valence-corrected chi connectivity index (χ3v) is 5.63. The minimum absolute atomic E-state index is 0.116. The first-order valence-corrected chi connectivity index (χ1v) is 9.25. The highest BCUT2D eigenvalue weighted by molar-refractivity contribution is 6.24. The van der Waals surface area contributed by atoms with Gasteiger partial charge in [0, 0.05) is 25.6 Å². The van der Waals surface area contributed by atoms with E-state index in [1.54, 1.807) is 12.1 Å². The number of hydrogen-bond acceptors (Lipinski definition) is 6. The number of piperidine rings is 1. The standard InChI is InChI=1S/C19H22N4O4/c1-10-7-20-9-13(10)21-8-11-3-2-4-12-16(11)19(27)23(18(12)26)14-5-6-15(24)22-17(14)25/h2-4,10,13-14,20-21H,5-9H2,1H3,(H,22,24,25)/t10-,13+,14?/m0/s1. The Morgan fingerprint density at radius 3 is 2.67 bits per heavy atom. The molecule has 3 aliphatic rings. The first-order valence-electron chi connectivity index (χ1n) is 9.25. The van der Waals surface area contributed by atoms with E-state index in [9.17, 15) is 19.2 Å². The summed E-state index contributed by atoms with van der Waals surface area (Å²) < 4.78 is 0. The van der Waals surface area contributed by atoms with Crippen molar-refractivity contribution in [1.29, 1.82) is 0 Å². The van der Waals surface area contributed by atoms with Crippen molar-refractivity contribution in [3.05, 3.63) is 34.9 Å². The van der Waals surface area contributed by atoms with Gasteiger partial charge in [-0.25, -0.2) is 0 Å². The van der Waals surface area contributed by atoms with Gasteiger partial charge >= 0.3 is 0 Å². The maximum Gasteiger partial charge on any atom is 0.262 e. The summed E-state index contributed by atoms with van der Waals surface area (Å²) in [5.74, 6) is -1.41. The quantitative estimate of drug-likeness (QED) is 0.633. The van der Waals surface area contributed by atoms with Crippen LogP contribution >= 0.6 is 0 Å². The molecule has 8 nitrogen and oxygen atoms in total. The summed E-state index contributed by atoms with van der Waals surface area (Å²) in [6, 6.07) is 4.57. The summed E-state index contributed by atoms with van der Waals surface area (Å²) >= 11 is 0. The van der Waals surface area contributed by atoms with Gasteiger partial charge in [0.2, 0.25) is 11.8 Å². The molecule has 27 heavy (non-hydrogen) atoms. The maximum atomic E-state index is 13.0. The van der Waals surface area contributed by atoms with Crippen molar-refractivity contribution >= 4 is 23.6 Å². The van der Waals surface area contributed by atoms with Gasteiger partial charge in [-0.2, -0.15) is 0 Å². The molecular weight excluding hydrogens is 348 g/mol. The predicted octanol–water partition coefficient (Wildman–Crippen LogP) is -0.215. The van der Waals surface area contributed by atoms with E-state index in [1.165, 1.54) is 0 Å². The van der Waals surface area contributed by atoms with Crippen LogP contribution in [0.2, 0.25) is 0 Å². The molecule has 3 heterocycles. The van der Waals surface area contributed by atoms with E-state index in [0.29, 0.717) is 29.6 Å². The average molecular weight is 370 g/mol. The molecule has 0 saturated carbocycles. The third kappa shape index (κ3) is 3.04. The summed E-state index contributed by atoms with van der Waals surface area (Å²) in [5.41, 5.74) is 1.43. The van der Waals surface area contributed by atoms with E-state index < -0.39 is 23.8 Å². The van der Waals surface area contributed by atoms with E-state index in [-0.39, 0.29) is 18.7 Å². The van der Waals surface area contributed by atoms with E-state index in [4.69, 9.17) is 0 Å². The fourth-order valence-corrected chi connectivity index (χ4v) is 4.06. The number of carbonyl (C=O) groups is 4. The third-order valence-electron chi connectivity index (χ3n) is 5.63. The molecule has 0 bridgehead atoms. The molecule has 3 N–H and O–H groups in total. The summed E-state index contributed by atoms with van der Waals surface area (Å²) in [6.07, 6.45) is 0.278. The Labute approximate surface area is 156 Å². The van der Waals surface area contributed by atoms with Crippen LogP contribution in [0.15, 0.2) is 18.2 Å². The van der Waals surface area contributed by atoms with E-state index in [2.05, 4.69) is 22.9 Å². The molecule has 8 heteroatoms. The second-order valence-corrected chi connectivity index (χ2v) is 7.41. The molecule has 4 rings (SSSR count). The summed E-state index contributed by atoms with van der Waals surface area (Å²) in [7, 11) is 0. The van der Waals surface area contributed by atoms with Crippen LogP contribution in [0.5, 0.6) is 0 Å². The monoisotopic (exact) mass is 370 g/mol. The SMILES string of the molecule is C[C@H]1CNC[C@H]1NCc1cccc2c1C(=O)N(C1CCC(=O)NC1=O)C2=O. The number of carbonyl (C=O) groups excluding carboxylic acids is 4. The molecule has 0 aliphatic carbocycles. The van der Waals surface area contributed by atoms with Gasteiger partial charge < -0.3 is 10.6 Å². The number of benzene rings is 1. The van der Waals surface area contributed by atoms with Gasteiger partial charge in [-0.05, 0) is 30.5 Å². The Balaban J connectivity index is 1.58. The molecule has 1 aromatic carbocycles. The largest absolute Gasteiger partial charge is 0.315 e. The Morgan fingerprint density at radius 2 is 1.96 bits per heavy atom. The minimum Gasteiger partial charge on any atom is -0.315 e. The molecule has 4 amide bonds. The van der Waals surface area contributed by atoms with Crippen LogP contribution in [-0.2, 0) is 16.1 Å². The molecule has 2 fully saturated rings. The predicted molar refractivity (Wildman–Crippen MR) is 95.8 cm³/mol. The first kappa shape index (κ1) is 17.8. The molecular formula is C19H22N4O4. The van der Waals surface area contributed by atoms with E-state index in [1.807, 2.05) is 6.07 Å². The highest BCUT2D eigenvalue weighted by Gasteiger charge is 2.45. The lowest BCUT2D eigenvalue weighted by Crippen LogP contribution is -2.54. The van der Waals surface area contributed by atoms with Crippen molar-refractivity contribution in [3.8, 4) is 0 Å². The molecule has 3 aliphatic heterocycles. The van der Waals surface area contributed by atoms with Crippen molar-refractivity contribution in [1.82, 2.24) is 20.9 Å². The van der Waals surface area contributed by atoms with Crippen molar-refractivity contribution in [2.75, 3.05) is 13.1 Å². The second kappa shape index (κ2) is 6.86. The van der Waals surface area contributed by atoms with Crippen molar-refractivity contribution in [3.63, 3.8) is 0 Å². The van der Waals surface area contributed by atoms with Crippen molar-refractivity contribution in [2.45, 2.75) is 38.4 Å². The van der Waals surface area contributed by atoms with Gasteiger partial charge in [0.25, 0.3) is 11.8 Å².